The van der Waals surface area contributed by atoms with Crippen molar-refractivity contribution >= 4 is 16.3 Å². The lowest BCUT2D eigenvalue weighted by atomic mass is 10.1. The van der Waals surface area contributed by atoms with Gasteiger partial charge in [-0.15, -0.1) is 11.3 Å². The first kappa shape index (κ1) is 11.4. The Morgan fingerprint density at radius 3 is 2.94 bits per heavy atom. The van der Waals surface area contributed by atoms with Crippen LogP contribution >= 0.6 is 11.3 Å². The molecule has 2 aromatic heterocycles. The fraction of sp³-hybridized carbons (Fsp3) is 0.154. The summed E-state index contributed by atoms with van der Waals surface area (Å²) in [6.45, 7) is 0.519. The molecule has 0 saturated heterocycles. The third kappa shape index (κ3) is 1.72. The van der Waals surface area contributed by atoms with E-state index in [-0.39, 0.29) is 5.82 Å². The number of hydrogen-bond acceptors (Lipinski definition) is 3. The predicted molar refractivity (Wildman–Crippen MR) is 71.2 cm³/mol. The second kappa shape index (κ2) is 4.51. The quantitative estimate of drug-likeness (QED) is 0.787. The smallest absolute Gasteiger partial charge is 0.194 e. The lowest BCUT2D eigenvalue weighted by Crippen LogP contribution is -2.06. The summed E-state index contributed by atoms with van der Waals surface area (Å²) in [6, 6.07) is 6.70. The molecule has 0 radical (unpaired) electrons. The number of hydrogen-bond donors (Lipinski definition) is 1. The molecule has 0 unspecified atom stereocenters. The fourth-order valence-electron chi connectivity index (χ4n) is 2.08. The molecule has 0 atom stereocenters. The molecule has 0 aliphatic heterocycles. The van der Waals surface area contributed by atoms with Gasteiger partial charge in [-0.1, -0.05) is 12.1 Å². The molecule has 3 rings (SSSR count). The van der Waals surface area contributed by atoms with E-state index in [9.17, 15) is 4.39 Å². The number of benzene rings is 1. The van der Waals surface area contributed by atoms with Gasteiger partial charge in [-0.2, -0.15) is 0 Å². The first-order chi connectivity index (χ1) is 8.81. The van der Waals surface area contributed by atoms with E-state index in [0.717, 1.165) is 10.7 Å². The Bertz CT molecular complexity index is 686. The summed E-state index contributed by atoms with van der Waals surface area (Å²) >= 11 is 1.54. The van der Waals surface area contributed by atoms with Gasteiger partial charge in [0.25, 0.3) is 0 Å². The standard InChI is InChI=1S/C13H12FN3S/c14-10-4-2-1-3-9(10)12-11(5-6-15)17-7-8-18-13(17)16-12/h1-4,7-8H,5-6,15H2. The largest absolute Gasteiger partial charge is 0.330 e. The molecule has 2 N–H and O–H groups in total. The van der Waals surface area contributed by atoms with E-state index in [0.29, 0.717) is 24.2 Å². The molecule has 0 saturated carbocycles. The van der Waals surface area contributed by atoms with Gasteiger partial charge < -0.3 is 5.73 Å². The molecule has 2 heterocycles. The average molecular weight is 261 g/mol. The highest BCUT2D eigenvalue weighted by Gasteiger charge is 2.16. The van der Waals surface area contributed by atoms with Crippen molar-refractivity contribution in [3.05, 3.63) is 47.4 Å². The molecule has 5 heteroatoms. The van der Waals surface area contributed by atoms with Crippen LogP contribution in [0.25, 0.3) is 16.2 Å². The van der Waals surface area contributed by atoms with Crippen molar-refractivity contribution in [2.45, 2.75) is 6.42 Å². The van der Waals surface area contributed by atoms with Crippen LogP contribution < -0.4 is 5.73 Å². The van der Waals surface area contributed by atoms with Crippen molar-refractivity contribution < 1.29 is 4.39 Å². The highest BCUT2D eigenvalue weighted by Crippen LogP contribution is 2.28. The van der Waals surface area contributed by atoms with Gasteiger partial charge in [-0.3, -0.25) is 4.40 Å². The maximum atomic E-state index is 13.9. The van der Waals surface area contributed by atoms with Gasteiger partial charge in [0, 0.05) is 23.6 Å². The van der Waals surface area contributed by atoms with Crippen LogP contribution in [0.2, 0.25) is 0 Å². The number of nitrogens with zero attached hydrogens (tertiary/aromatic N) is 2. The summed E-state index contributed by atoms with van der Waals surface area (Å²) in [5.41, 5.74) is 7.84. The van der Waals surface area contributed by atoms with E-state index in [1.165, 1.54) is 17.4 Å². The van der Waals surface area contributed by atoms with Crippen LogP contribution in [-0.4, -0.2) is 15.9 Å². The highest BCUT2D eigenvalue weighted by molar-refractivity contribution is 7.15. The molecule has 0 fully saturated rings. The number of nitrogens with two attached hydrogens (primary N) is 1. The molecule has 0 spiro atoms. The second-order valence-corrected chi connectivity index (χ2v) is 4.85. The van der Waals surface area contributed by atoms with Gasteiger partial charge in [-0.05, 0) is 18.7 Å². The molecular weight excluding hydrogens is 249 g/mol. The number of aromatic nitrogens is 2. The number of imidazole rings is 1. The maximum absolute atomic E-state index is 13.9. The van der Waals surface area contributed by atoms with Crippen LogP contribution in [0.1, 0.15) is 5.69 Å². The van der Waals surface area contributed by atoms with Gasteiger partial charge >= 0.3 is 0 Å². The van der Waals surface area contributed by atoms with E-state index >= 15 is 0 Å². The van der Waals surface area contributed by atoms with Crippen molar-refractivity contribution in [1.29, 1.82) is 0 Å². The van der Waals surface area contributed by atoms with E-state index in [1.54, 1.807) is 12.1 Å². The summed E-state index contributed by atoms with van der Waals surface area (Å²) in [5.74, 6) is -0.249. The van der Waals surface area contributed by atoms with Crippen LogP contribution in [0, 0.1) is 5.82 Å². The lowest BCUT2D eigenvalue weighted by molar-refractivity contribution is 0.630. The molecule has 0 aliphatic rings. The third-order valence-corrected chi connectivity index (χ3v) is 3.63. The molecule has 0 bridgehead atoms. The van der Waals surface area contributed by atoms with E-state index in [1.807, 2.05) is 22.0 Å². The predicted octanol–water partition coefficient (Wildman–Crippen LogP) is 2.70. The summed E-state index contributed by atoms with van der Waals surface area (Å²) in [7, 11) is 0. The fourth-order valence-corrected chi connectivity index (χ4v) is 2.81. The molecule has 3 aromatic rings. The number of fused-ring (bicyclic) bond motifs is 1. The summed E-state index contributed by atoms with van der Waals surface area (Å²) in [4.78, 5) is 5.38. The Kier molecular flexibility index (Phi) is 2.85. The van der Waals surface area contributed by atoms with Crippen molar-refractivity contribution in [2.75, 3.05) is 6.54 Å². The normalized spacial score (nSPS) is 11.2. The Hall–Kier alpha value is -1.72. The van der Waals surface area contributed by atoms with Crippen molar-refractivity contribution in [2.24, 2.45) is 5.73 Å². The van der Waals surface area contributed by atoms with E-state index < -0.39 is 0 Å². The number of thiazole rings is 1. The number of rotatable bonds is 3. The Morgan fingerprint density at radius 2 is 2.17 bits per heavy atom. The van der Waals surface area contributed by atoms with Gasteiger partial charge in [0.15, 0.2) is 4.96 Å². The molecular formula is C13H12FN3S. The SMILES string of the molecule is NCCc1c(-c2ccccc2F)nc2sccn12. The van der Waals surface area contributed by atoms with Gasteiger partial charge in [0.2, 0.25) is 0 Å². The van der Waals surface area contributed by atoms with Crippen molar-refractivity contribution in [1.82, 2.24) is 9.38 Å². The van der Waals surface area contributed by atoms with Crippen LogP contribution in [0.15, 0.2) is 35.8 Å². The summed E-state index contributed by atoms with van der Waals surface area (Å²) in [5, 5.41) is 1.97. The average Bonchev–Trinajstić information content (AvgIpc) is 2.93. The molecule has 18 heavy (non-hydrogen) atoms. The molecule has 1 aromatic carbocycles. The summed E-state index contributed by atoms with van der Waals surface area (Å²) < 4.78 is 15.8. The van der Waals surface area contributed by atoms with Gasteiger partial charge in [-0.25, -0.2) is 9.37 Å². The molecule has 92 valence electrons. The zero-order valence-corrected chi connectivity index (χ0v) is 10.5. The zero-order valence-electron chi connectivity index (χ0n) is 9.64. The summed E-state index contributed by atoms with van der Waals surface area (Å²) in [6.07, 6.45) is 2.63. The minimum Gasteiger partial charge on any atom is -0.330 e. The van der Waals surface area contributed by atoms with Crippen LogP contribution in [0.4, 0.5) is 4.39 Å². The third-order valence-electron chi connectivity index (χ3n) is 2.87. The minimum atomic E-state index is -0.249. The molecule has 0 aliphatic carbocycles. The van der Waals surface area contributed by atoms with Gasteiger partial charge in [0.1, 0.15) is 5.82 Å². The van der Waals surface area contributed by atoms with Crippen LogP contribution in [0.3, 0.4) is 0 Å². The number of halogens is 1. The molecule has 0 amide bonds. The van der Waals surface area contributed by atoms with Crippen LogP contribution in [0.5, 0.6) is 0 Å². The van der Waals surface area contributed by atoms with Crippen molar-refractivity contribution in [3.8, 4) is 11.3 Å². The van der Waals surface area contributed by atoms with Crippen molar-refractivity contribution in [3.63, 3.8) is 0 Å². The Balaban J connectivity index is 2.25. The lowest BCUT2D eigenvalue weighted by Gasteiger charge is -2.03. The minimum absolute atomic E-state index is 0.249. The first-order valence-electron chi connectivity index (χ1n) is 5.70. The topological polar surface area (TPSA) is 43.3 Å². The molecule has 3 nitrogen and oxygen atoms in total. The highest BCUT2D eigenvalue weighted by atomic mass is 32.1. The monoisotopic (exact) mass is 261 g/mol. The van der Waals surface area contributed by atoms with Gasteiger partial charge in [0.05, 0.1) is 11.4 Å². The van der Waals surface area contributed by atoms with E-state index in [2.05, 4.69) is 4.98 Å². The maximum Gasteiger partial charge on any atom is 0.194 e. The van der Waals surface area contributed by atoms with E-state index in [4.69, 9.17) is 5.73 Å². The Morgan fingerprint density at radius 1 is 1.33 bits per heavy atom. The first-order valence-corrected chi connectivity index (χ1v) is 6.58. The second-order valence-electron chi connectivity index (χ2n) is 3.98. The van der Waals surface area contributed by atoms with Crippen LogP contribution in [-0.2, 0) is 6.42 Å². The zero-order chi connectivity index (χ0) is 12.5. The Labute approximate surface area is 108 Å².